The van der Waals surface area contributed by atoms with Crippen LogP contribution in [0, 0.1) is 23.2 Å². The zero-order chi connectivity index (χ0) is 42.3. The fraction of sp³-hybridized carbons (Fsp3) is 0.220. The molecule has 304 valence electrons. The van der Waals surface area contributed by atoms with E-state index in [1.54, 1.807) is 0 Å². The lowest BCUT2D eigenvalue weighted by Gasteiger charge is -2.63. The highest BCUT2D eigenvalue weighted by atomic mass is 15.0. The zero-order valence-corrected chi connectivity index (χ0v) is 35.9. The number of nitrogens with zero attached hydrogens (tertiary/aromatic N) is 4. The molecular weight excluding hydrogens is 765 g/mol. The van der Waals surface area contributed by atoms with Crippen molar-refractivity contribution < 1.29 is 0 Å². The fourth-order valence-electron chi connectivity index (χ4n) is 12.7. The smallest absolute Gasteiger partial charge is 0.164 e. The van der Waals surface area contributed by atoms with Gasteiger partial charge in [0.2, 0.25) is 0 Å². The highest BCUT2D eigenvalue weighted by molar-refractivity contribution is 5.85. The Morgan fingerprint density at radius 3 is 1.32 bits per heavy atom. The van der Waals surface area contributed by atoms with Crippen LogP contribution in [0.1, 0.15) is 80.2 Å². The first-order valence-electron chi connectivity index (χ1n) is 22.6. The molecule has 0 aliphatic heterocycles. The maximum atomic E-state index is 9.27. The summed E-state index contributed by atoms with van der Waals surface area (Å²) in [5.74, 6) is 3.60. The van der Waals surface area contributed by atoms with Crippen LogP contribution in [-0.4, -0.2) is 15.0 Å². The molecule has 63 heavy (non-hydrogen) atoms. The van der Waals surface area contributed by atoms with Crippen LogP contribution in [0.5, 0.6) is 0 Å². The van der Waals surface area contributed by atoms with Crippen molar-refractivity contribution in [3.05, 3.63) is 198 Å². The summed E-state index contributed by atoms with van der Waals surface area (Å²) in [6, 6.07) is 63.7. The molecule has 1 heterocycles. The Hall–Kier alpha value is -6.96. The molecule has 4 heteroatoms. The van der Waals surface area contributed by atoms with Crippen molar-refractivity contribution in [3.8, 4) is 73.6 Å². The normalized spacial score (nSPS) is 22.3. The van der Waals surface area contributed by atoms with Crippen molar-refractivity contribution in [2.75, 3.05) is 0 Å². The molecule has 0 amide bonds. The van der Waals surface area contributed by atoms with E-state index in [0.717, 1.165) is 28.5 Å². The standard InChI is InChI=1S/C59H48N4/c1-57(2)52-30-46(21-27-50(52)51-28-22-47(31-53(51)57)56-62-54(44-9-5-3-6-10-44)61-55(63-56)45-11-7-4-8-12-45)43-19-25-49(26-20-43)59-34-39-29-40(35-59)33-58(32-39,37-59)48-23-17-42(18-24-48)41-15-13-38(36-60)14-16-41/h3-28,30-31,39-40H,29,32-35,37H2,1-2H3. The van der Waals surface area contributed by atoms with Crippen molar-refractivity contribution in [1.82, 2.24) is 15.0 Å². The van der Waals surface area contributed by atoms with Gasteiger partial charge in [0.25, 0.3) is 0 Å². The average Bonchev–Trinajstić information content (AvgIpc) is 3.56. The van der Waals surface area contributed by atoms with Gasteiger partial charge >= 0.3 is 0 Å². The van der Waals surface area contributed by atoms with Gasteiger partial charge in [-0.3, -0.25) is 0 Å². The summed E-state index contributed by atoms with van der Waals surface area (Å²) in [7, 11) is 0. The van der Waals surface area contributed by atoms with Gasteiger partial charge < -0.3 is 0 Å². The van der Waals surface area contributed by atoms with Gasteiger partial charge in [-0.25, -0.2) is 15.0 Å². The minimum atomic E-state index is -0.206. The van der Waals surface area contributed by atoms with Crippen molar-refractivity contribution in [2.24, 2.45) is 11.8 Å². The molecule has 2 unspecified atom stereocenters. The second-order valence-electron chi connectivity index (χ2n) is 19.5. The van der Waals surface area contributed by atoms with Crippen LogP contribution in [-0.2, 0) is 16.2 Å². The Kier molecular flexibility index (Phi) is 8.57. The molecule has 0 saturated heterocycles. The Labute approximate surface area is 370 Å². The Morgan fingerprint density at radius 1 is 0.444 bits per heavy atom. The summed E-state index contributed by atoms with van der Waals surface area (Å²) in [5, 5.41) is 9.27. The van der Waals surface area contributed by atoms with E-state index in [2.05, 4.69) is 141 Å². The van der Waals surface area contributed by atoms with E-state index in [4.69, 9.17) is 15.0 Å². The van der Waals surface area contributed by atoms with E-state index in [1.807, 2.05) is 48.5 Å². The molecule has 4 bridgehead atoms. The molecule has 5 aliphatic carbocycles. The summed E-state index contributed by atoms with van der Waals surface area (Å²) in [6.45, 7) is 4.71. The summed E-state index contributed by atoms with van der Waals surface area (Å²) in [6.07, 6.45) is 7.88. The number of benzene rings is 7. The third-order valence-corrected chi connectivity index (χ3v) is 15.4. The van der Waals surface area contributed by atoms with Gasteiger partial charge in [-0.05, 0) is 141 Å². The van der Waals surface area contributed by atoms with Crippen LogP contribution in [0.25, 0.3) is 67.5 Å². The van der Waals surface area contributed by atoms with Crippen molar-refractivity contribution >= 4 is 0 Å². The van der Waals surface area contributed by atoms with E-state index < -0.39 is 0 Å². The third-order valence-electron chi connectivity index (χ3n) is 15.4. The van der Waals surface area contributed by atoms with Crippen LogP contribution in [0.2, 0.25) is 0 Å². The summed E-state index contributed by atoms with van der Waals surface area (Å²) in [4.78, 5) is 15.0. The first kappa shape index (κ1) is 37.8. The highest BCUT2D eigenvalue weighted by Crippen LogP contribution is 2.66. The van der Waals surface area contributed by atoms with Crippen LogP contribution >= 0.6 is 0 Å². The van der Waals surface area contributed by atoms with Gasteiger partial charge in [-0.15, -0.1) is 0 Å². The Morgan fingerprint density at radius 2 is 0.841 bits per heavy atom. The minimum Gasteiger partial charge on any atom is -0.208 e. The number of hydrogen-bond acceptors (Lipinski definition) is 4. The van der Waals surface area contributed by atoms with Crippen molar-refractivity contribution in [3.63, 3.8) is 0 Å². The molecule has 7 aromatic carbocycles. The lowest BCUT2D eigenvalue weighted by molar-refractivity contribution is -0.0281. The Bertz CT molecular complexity index is 3020. The molecule has 4 fully saturated rings. The maximum Gasteiger partial charge on any atom is 0.164 e. The molecular formula is C59H48N4. The van der Waals surface area contributed by atoms with Crippen molar-refractivity contribution in [2.45, 2.75) is 68.6 Å². The number of aromatic nitrogens is 3. The lowest BCUT2D eigenvalue weighted by Crippen LogP contribution is -2.55. The van der Waals surface area contributed by atoms with Crippen molar-refractivity contribution in [1.29, 1.82) is 5.26 Å². The predicted octanol–water partition coefficient (Wildman–Crippen LogP) is 14.2. The Balaban J connectivity index is 0.829. The topological polar surface area (TPSA) is 62.5 Å². The quantitative estimate of drug-likeness (QED) is 0.161. The molecule has 4 nitrogen and oxygen atoms in total. The van der Waals surface area contributed by atoms with E-state index in [0.29, 0.717) is 23.0 Å². The van der Waals surface area contributed by atoms with Crippen LogP contribution < -0.4 is 0 Å². The monoisotopic (exact) mass is 812 g/mol. The summed E-state index contributed by atoms with van der Waals surface area (Å²) < 4.78 is 0. The predicted molar refractivity (Wildman–Crippen MR) is 254 cm³/mol. The number of hydrogen-bond donors (Lipinski definition) is 0. The fourth-order valence-corrected chi connectivity index (χ4v) is 12.7. The van der Waals surface area contributed by atoms with Gasteiger partial charge in [0.15, 0.2) is 17.5 Å². The van der Waals surface area contributed by atoms with Crippen LogP contribution in [0.4, 0.5) is 0 Å². The largest absolute Gasteiger partial charge is 0.208 e. The second-order valence-corrected chi connectivity index (χ2v) is 19.5. The molecule has 13 rings (SSSR count). The zero-order valence-electron chi connectivity index (χ0n) is 35.9. The number of nitriles is 1. The van der Waals surface area contributed by atoms with E-state index in [-0.39, 0.29) is 16.2 Å². The van der Waals surface area contributed by atoms with E-state index in [9.17, 15) is 5.26 Å². The molecule has 4 saturated carbocycles. The molecule has 2 atom stereocenters. The van der Waals surface area contributed by atoms with E-state index >= 15 is 0 Å². The minimum absolute atomic E-state index is 0.206. The van der Waals surface area contributed by atoms with Crippen LogP contribution in [0.3, 0.4) is 0 Å². The molecule has 5 aliphatic rings. The lowest BCUT2D eigenvalue weighted by atomic mass is 9.41. The molecule has 0 radical (unpaired) electrons. The second kappa shape index (κ2) is 14.3. The molecule has 1 aromatic heterocycles. The first-order valence-corrected chi connectivity index (χ1v) is 22.6. The van der Waals surface area contributed by atoms with E-state index in [1.165, 1.54) is 94.2 Å². The number of fused-ring (bicyclic) bond motifs is 3. The van der Waals surface area contributed by atoms with Gasteiger partial charge in [0.05, 0.1) is 11.6 Å². The maximum absolute atomic E-state index is 9.27. The SMILES string of the molecule is CC1(C)c2cc(-c3ccc(C45CC6CC(CC(c7ccc(-c8ccc(C#N)cc8)cc7)(C6)C4)C5)cc3)ccc2-c2ccc(-c3nc(-c4ccccc4)nc(-c4ccccc4)n3)cc21. The van der Waals surface area contributed by atoms with Gasteiger partial charge in [0.1, 0.15) is 0 Å². The summed E-state index contributed by atoms with van der Waals surface area (Å²) in [5.41, 5.74) is 17.1. The molecule has 0 spiro atoms. The first-order chi connectivity index (χ1) is 30.8. The highest BCUT2D eigenvalue weighted by Gasteiger charge is 2.58. The molecule has 8 aromatic rings. The summed E-state index contributed by atoms with van der Waals surface area (Å²) >= 11 is 0. The third kappa shape index (κ3) is 6.28. The molecule has 0 N–H and O–H groups in total. The van der Waals surface area contributed by atoms with Gasteiger partial charge in [-0.1, -0.05) is 159 Å². The van der Waals surface area contributed by atoms with Crippen LogP contribution in [0.15, 0.2) is 170 Å². The average molecular weight is 813 g/mol. The van der Waals surface area contributed by atoms with Gasteiger partial charge in [-0.2, -0.15) is 5.26 Å². The number of rotatable bonds is 7. The van der Waals surface area contributed by atoms with Gasteiger partial charge in [0, 0.05) is 22.1 Å².